The summed E-state index contributed by atoms with van der Waals surface area (Å²) < 4.78 is 16.0. The molecule has 3 N–H and O–H groups in total. The van der Waals surface area contributed by atoms with E-state index in [2.05, 4.69) is 28.0 Å². The number of piperazine rings is 1. The number of benzene rings is 3. The second kappa shape index (κ2) is 12.3. The molecule has 232 valence electrons. The van der Waals surface area contributed by atoms with Gasteiger partial charge in [0, 0.05) is 44.8 Å². The van der Waals surface area contributed by atoms with Crippen LogP contribution in [0.2, 0.25) is 5.02 Å². The van der Waals surface area contributed by atoms with Gasteiger partial charge in [0.1, 0.15) is 23.1 Å². The van der Waals surface area contributed by atoms with Gasteiger partial charge in [0.15, 0.2) is 11.6 Å². The molecule has 1 unspecified atom stereocenters. The lowest BCUT2D eigenvalue weighted by Gasteiger charge is -2.40. The molecule has 0 bridgehead atoms. The Morgan fingerprint density at radius 2 is 1.67 bits per heavy atom. The summed E-state index contributed by atoms with van der Waals surface area (Å²) in [6.45, 7) is 3.78. The number of aromatic carboxylic acids is 1. The quantitative estimate of drug-likeness (QED) is 0.311. The highest BCUT2D eigenvalue weighted by molar-refractivity contribution is 6.30. The largest absolute Gasteiger partial charge is 0.478 e. The summed E-state index contributed by atoms with van der Waals surface area (Å²) in [7, 11) is 2.09. The molecule has 1 aromatic heterocycles. The van der Waals surface area contributed by atoms with Gasteiger partial charge in [-0.05, 0) is 60.5 Å². The van der Waals surface area contributed by atoms with E-state index in [0.29, 0.717) is 12.0 Å². The smallest absolute Gasteiger partial charge is 0.335 e. The number of nitrogens with two attached hydrogens (primary N) is 1. The molecule has 1 fully saturated rings. The van der Waals surface area contributed by atoms with E-state index in [0.717, 1.165) is 47.7 Å². The molecule has 1 amide bonds. The topological polar surface area (TPSA) is 125 Å². The predicted octanol–water partition coefficient (Wildman–Crippen LogP) is 4.25. The number of anilines is 2. The Balaban J connectivity index is 1.38. The summed E-state index contributed by atoms with van der Waals surface area (Å²) in [5.74, 6) is -2.59. The molecular weight excluding hydrogens is 599 g/mol. The Morgan fingerprint density at radius 3 is 2.38 bits per heavy atom. The van der Waals surface area contributed by atoms with Crippen LogP contribution >= 0.6 is 11.6 Å². The zero-order valence-corrected chi connectivity index (χ0v) is 25.4. The Labute approximate surface area is 264 Å². The van der Waals surface area contributed by atoms with Crippen LogP contribution < -0.4 is 10.6 Å². The number of carboxylic acids is 1. The zero-order valence-electron chi connectivity index (χ0n) is 24.6. The number of aromatic nitrogens is 2. The maximum absolute atomic E-state index is 14.8. The number of nitrogen functional groups attached to an aromatic ring is 1. The van der Waals surface area contributed by atoms with E-state index in [9.17, 15) is 23.9 Å². The second-order valence-corrected chi connectivity index (χ2v) is 11.8. The predicted molar refractivity (Wildman–Crippen MR) is 169 cm³/mol. The van der Waals surface area contributed by atoms with Crippen LogP contribution in [0.1, 0.15) is 43.4 Å². The van der Waals surface area contributed by atoms with Gasteiger partial charge in [0.25, 0.3) is 5.91 Å². The number of likely N-dealkylation sites (N-methyl/N-ethyl adjacent to an activating group) is 1. The van der Waals surface area contributed by atoms with Gasteiger partial charge in [-0.15, -0.1) is 0 Å². The maximum Gasteiger partial charge on any atom is 0.335 e. The molecule has 10 nitrogen and oxygen atoms in total. The molecule has 0 radical (unpaired) electrons. The van der Waals surface area contributed by atoms with Crippen molar-refractivity contribution in [3.8, 4) is 5.69 Å². The standard InChI is InChI=1S/C33H32ClFN6O4/c1-38-14-16-39(17-15-38)26-6-2-4-23-22(26)12-13-40(30(23)28(42)18-20-8-10-21(11-9-20)33(44)45)32(43)24-19-37-41(31(24)36)27-7-3-5-25(34)29(27)35/h2-11,19,30H,12-18,36H2,1H3,(H,44,45). The molecule has 6 rings (SSSR count). The number of nitrogens with zero attached hydrogens (tertiary/aromatic N) is 5. The summed E-state index contributed by atoms with van der Waals surface area (Å²) in [6, 6.07) is 15.5. The van der Waals surface area contributed by atoms with E-state index in [1.54, 1.807) is 18.2 Å². The number of amides is 1. The highest BCUT2D eigenvalue weighted by atomic mass is 35.5. The second-order valence-electron chi connectivity index (χ2n) is 11.4. The van der Waals surface area contributed by atoms with E-state index in [-0.39, 0.29) is 46.4 Å². The molecule has 0 spiro atoms. The van der Waals surface area contributed by atoms with E-state index in [4.69, 9.17) is 17.3 Å². The van der Waals surface area contributed by atoms with Crippen LogP contribution in [-0.4, -0.2) is 82.1 Å². The molecule has 2 aliphatic rings. The summed E-state index contributed by atoms with van der Waals surface area (Å²) in [5.41, 5.74) is 9.97. The highest BCUT2D eigenvalue weighted by Crippen LogP contribution is 2.38. The van der Waals surface area contributed by atoms with Crippen molar-refractivity contribution in [3.63, 3.8) is 0 Å². The summed E-state index contributed by atoms with van der Waals surface area (Å²) in [4.78, 5) is 45.8. The lowest BCUT2D eigenvalue weighted by Crippen LogP contribution is -2.47. The van der Waals surface area contributed by atoms with Crippen LogP contribution in [0.3, 0.4) is 0 Å². The van der Waals surface area contributed by atoms with Gasteiger partial charge in [0.2, 0.25) is 0 Å². The minimum Gasteiger partial charge on any atom is -0.478 e. The molecule has 4 aromatic rings. The fourth-order valence-corrected chi connectivity index (χ4v) is 6.32. The summed E-state index contributed by atoms with van der Waals surface area (Å²) in [6.07, 6.45) is 1.78. The van der Waals surface area contributed by atoms with Crippen molar-refractivity contribution < 1.29 is 23.9 Å². The fourth-order valence-electron chi connectivity index (χ4n) is 6.15. The number of fused-ring (bicyclic) bond motifs is 1. The molecule has 12 heteroatoms. The Bertz CT molecular complexity index is 1780. The zero-order chi connectivity index (χ0) is 31.8. The number of ketones is 1. The number of carboxylic acid groups (broad SMARTS) is 1. The average molecular weight is 631 g/mol. The molecule has 3 aromatic carbocycles. The van der Waals surface area contributed by atoms with Gasteiger partial charge in [-0.1, -0.05) is 41.9 Å². The normalized spacial score (nSPS) is 16.8. The van der Waals surface area contributed by atoms with Gasteiger partial charge in [-0.25, -0.2) is 13.9 Å². The first-order valence-electron chi connectivity index (χ1n) is 14.6. The molecule has 0 saturated carbocycles. The van der Waals surface area contributed by atoms with E-state index in [1.165, 1.54) is 35.4 Å². The monoisotopic (exact) mass is 630 g/mol. The minimum absolute atomic E-state index is 0.00251. The minimum atomic E-state index is -1.06. The molecule has 1 atom stereocenters. The van der Waals surface area contributed by atoms with Crippen molar-refractivity contribution in [3.05, 3.63) is 106 Å². The number of carbonyl (C=O) groups excluding carboxylic acids is 2. The third-order valence-corrected chi connectivity index (χ3v) is 8.87. The Hall–Kier alpha value is -4.74. The summed E-state index contributed by atoms with van der Waals surface area (Å²) in [5, 5.41) is 13.4. The SMILES string of the molecule is CN1CCN(c2cccc3c2CCN(C(=O)c2cnn(-c4cccc(Cl)c4F)c2N)C3C(=O)Cc2ccc(C(=O)O)cc2)CC1. The van der Waals surface area contributed by atoms with Gasteiger partial charge < -0.3 is 25.5 Å². The number of hydrogen-bond acceptors (Lipinski definition) is 7. The van der Waals surface area contributed by atoms with Crippen LogP contribution in [0.15, 0.2) is 66.9 Å². The fraction of sp³-hybridized carbons (Fsp3) is 0.273. The molecule has 0 aliphatic carbocycles. The highest BCUT2D eigenvalue weighted by Gasteiger charge is 2.39. The molecule has 1 saturated heterocycles. The van der Waals surface area contributed by atoms with E-state index < -0.39 is 23.7 Å². The first kappa shape index (κ1) is 30.3. The van der Waals surface area contributed by atoms with Crippen molar-refractivity contribution in [1.82, 2.24) is 19.6 Å². The van der Waals surface area contributed by atoms with Gasteiger partial charge in [-0.3, -0.25) is 9.59 Å². The van der Waals surface area contributed by atoms with Crippen molar-refractivity contribution in [2.45, 2.75) is 18.9 Å². The number of Topliss-reactive ketones (excluding diaryl/α,β-unsaturated/α-hetero) is 1. The third-order valence-electron chi connectivity index (χ3n) is 8.58. The van der Waals surface area contributed by atoms with Crippen molar-refractivity contribution >= 4 is 40.8 Å². The van der Waals surface area contributed by atoms with Crippen LogP contribution in [0.4, 0.5) is 15.9 Å². The van der Waals surface area contributed by atoms with Crippen molar-refractivity contribution in [2.75, 3.05) is 50.4 Å². The van der Waals surface area contributed by atoms with Gasteiger partial charge >= 0.3 is 5.97 Å². The number of rotatable bonds is 7. The third kappa shape index (κ3) is 5.76. The van der Waals surface area contributed by atoms with Crippen LogP contribution in [0.25, 0.3) is 5.69 Å². The van der Waals surface area contributed by atoms with Gasteiger partial charge in [0.05, 0.1) is 16.8 Å². The maximum atomic E-state index is 14.8. The Morgan fingerprint density at radius 1 is 0.978 bits per heavy atom. The van der Waals surface area contributed by atoms with Crippen LogP contribution in [0, 0.1) is 5.82 Å². The summed E-state index contributed by atoms with van der Waals surface area (Å²) >= 11 is 5.97. The number of hydrogen-bond donors (Lipinski definition) is 2. The first-order chi connectivity index (χ1) is 21.6. The van der Waals surface area contributed by atoms with Crippen LogP contribution in [0.5, 0.6) is 0 Å². The molecule has 2 aliphatic heterocycles. The Kier molecular flexibility index (Phi) is 8.30. The first-order valence-corrected chi connectivity index (χ1v) is 15.0. The average Bonchev–Trinajstić information content (AvgIpc) is 3.42. The lowest BCUT2D eigenvalue weighted by molar-refractivity contribution is -0.123. The molecular formula is C33H32ClFN6O4. The molecule has 45 heavy (non-hydrogen) atoms. The van der Waals surface area contributed by atoms with Crippen molar-refractivity contribution in [1.29, 1.82) is 0 Å². The lowest BCUT2D eigenvalue weighted by atomic mass is 9.86. The van der Waals surface area contributed by atoms with Gasteiger partial charge in [-0.2, -0.15) is 5.10 Å². The van der Waals surface area contributed by atoms with Crippen LogP contribution in [-0.2, 0) is 17.6 Å². The number of halogens is 2. The molecule has 3 heterocycles. The van der Waals surface area contributed by atoms with E-state index in [1.807, 2.05) is 12.1 Å². The van der Waals surface area contributed by atoms with Crippen molar-refractivity contribution in [2.24, 2.45) is 0 Å². The van der Waals surface area contributed by atoms with E-state index >= 15 is 0 Å². The number of carbonyl (C=O) groups is 3.